The van der Waals surface area contributed by atoms with Gasteiger partial charge in [0.1, 0.15) is 0 Å². The smallest absolute Gasteiger partial charge is 0.0253 e. The zero-order valence-corrected chi connectivity index (χ0v) is 25.7. The molecule has 1 saturated carbocycles. The molecule has 1 N–H and O–H groups in total. The zero-order valence-electron chi connectivity index (χ0n) is 23.2. The first-order valence-corrected chi connectivity index (χ1v) is 16.2. The number of imidazole rings is 1. The minimum Gasteiger partial charge on any atom is -0.0253 e. The third kappa shape index (κ3) is 5.74. The number of anilines is 1. The molecule has 2 atom stereocenters. The summed E-state index contributed by atoms with van der Waals surface area (Å²) in [6, 6.07) is 1.09. The Labute approximate surface area is 237 Å². The summed E-state index contributed by atoms with van der Waals surface area (Å²) in [7, 11) is -3.92. The van der Waals surface area contributed by atoms with Gasteiger partial charge in [-0.3, -0.25) is 0 Å². The van der Waals surface area contributed by atoms with E-state index in [2.05, 4.69) is 19.9 Å². The number of ether oxygens (including phenoxy) is 1. The van der Waals surface area contributed by atoms with Crippen molar-refractivity contribution < 1.29 is 26.7 Å². The van der Waals surface area contributed by atoms with Gasteiger partial charge in [-0.2, -0.15) is 0 Å². The predicted octanol–water partition coefficient (Wildman–Crippen LogP) is 3.45. The van der Waals surface area contributed by atoms with Crippen molar-refractivity contribution in [2.24, 2.45) is 0 Å². The van der Waals surface area contributed by atoms with Crippen LogP contribution in [-0.2, 0) is 14.8 Å². The van der Waals surface area contributed by atoms with Crippen molar-refractivity contribution in [3.8, 4) is 10.3 Å². The molecule has 15 heteroatoms. The summed E-state index contributed by atoms with van der Waals surface area (Å²) in [4.78, 5) is 21.2. The number of aromatic nitrogens is 4. The SMILES string of the molecule is C[C@H]1CN(c2cc(S(=O)(=O)NC3(C)CC3)cn3c(-c4nnc(C(F)F)[se]4)cnc23)C[C@H](C)N1C(=O)OC(C)(C)C. The number of nitrogens with one attached hydrogen (secondary N) is 1. The van der Waals surface area contributed by atoms with E-state index in [0.717, 1.165) is 12.8 Å². The number of carbonyl (C=O) groups excluding carboxylic acids is 1. The number of nitrogens with zero attached hydrogens (tertiary/aromatic N) is 6. The molecule has 3 aromatic heterocycles. The summed E-state index contributed by atoms with van der Waals surface area (Å²) in [5, 5.41) is 7.61. The van der Waals surface area contributed by atoms with Gasteiger partial charge in [0, 0.05) is 0 Å². The molecule has 1 amide bonds. The molecule has 0 unspecified atom stereocenters. The number of halogens is 2. The van der Waals surface area contributed by atoms with Gasteiger partial charge in [0.05, 0.1) is 0 Å². The van der Waals surface area contributed by atoms with E-state index >= 15 is 0 Å². The fourth-order valence-corrected chi connectivity index (χ4v) is 7.84. The van der Waals surface area contributed by atoms with Gasteiger partial charge in [0.25, 0.3) is 0 Å². The van der Waals surface area contributed by atoms with Crippen molar-refractivity contribution in [2.45, 2.75) is 88.9 Å². The molecule has 1 saturated heterocycles. The molecule has 5 rings (SSSR count). The number of sulfonamides is 1. The van der Waals surface area contributed by atoms with Crippen molar-refractivity contribution in [3.63, 3.8) is 0 Å². The number of fused-ring (bicyclic) bond motifs is 1. The van der Waals surface area contributed by atoms with Crippen molar-refractivity contribution in [2.75, 3.05) is 18.0 Å². The summed E-state index contributed by atoms with van der Waals surface area (Å²) in [5.41, 5.74) is 0.295. The van der Waals surface area contributed by atoms with E-state index in [1.54, 1.807) is 15.4 Å². The van der Waals surface area contributed by atoms with Crippen LogP contribution in [0.25, 0.3) is 15.9 Å². The van der Waals surface area contributed by atoms with Crippen molar-refractivity contribution in [1.82, 2.24) is 29.2 Å². The van der Waals surface area contributed by atoms with Gasteiger partial charge in [-0.25, -0.2) is 0 Å². The fourth-order valence-electron chi connectivity index (χ4n) is 4.88. The summed E-state index contributed by atoms with van der Waals surface area (Å²) in [6.07, 6.45) is 1.34. The van der Waals surface area contributed by atoms with Crippen LogP contribution in [0, 0.1) is 0 Å². The number of hydrogen-bond acceptors (Lipinski definition) is 8. The Bertz CT molecular complexity index is 1540. The average Bonchev–Trinajstić information content (AvgIpc) is 3.21. The maximum atomic E-state index is 13.5. The van der Waals surface area contributed by atoms with Gasteiger partial charge in [-0.1, -0.05) is 0 Å². The molecular formula is C25H33F2N7O4SSe. The Morgan fingerprint density at radius 3 is 2.40 bits per heavy atom. The number of rotatable bonds is 6. The molecule has 2 aliphatic rings. The first kappa shape index (κ1) is 28.9. The van der Waals surface area contributed by atoms with Gasteiger partial charge in [0.2, 0.25) is 0 Å². The fraction of sp³-hybridized carbons (Fsp3) is 0.600. The van der Waals surface area contributed by atoms with E-state index in [1.807, 2.05) is 46.4 Å². The molecule has 40 heavy (non-hydrogen) atoms. The minimum atomic E-state index is -3.92. The van der Waals surface area contributed by atoms with E-state index in [1.165, 1.54) is 12.4 Å². The van der Waals surface area contributed by atoms with Crippen molar-refractivity contribution >= 4 is 42.0 Å². The number of pyridine rings is 1. The number of carbonyl (C=O) groups is 1. The molecule has 2 fully saturated rings. The van der Waals surface area contributed by atoms with Crippen LogP contribution in [0.1, 0.15) is 65.4 Å². The quantitative estimate of drug-likeness (QED) is 0.405. The van der Waals surface area contributed by atoms with E-state index in [0.29, 0.717) is 34.7 Å². The first-order chi connectivity index (χ1) is 18.6. The Morgan fingerprint density at radius 2 is 1.85 bits per heavy atom. The van der Waals surface area contributed by atoms with Gasteiger partial charge in [0.15, 0.2) is 0 Å². The van der Waals surface area contributed by atoms with Crippen LogP contribution in [0.5, 0.6) is 0 Å². The second kappa shape index (κ2) is 10.0. The molecule has 11 nitrogen and oxygen atoms in total. The standard InChI is InChI=1S/C25H33F2N7O4SSe/c1-14-11-32(12-15(2)34(14)23(35)38-24(3,4)5)17-9-16(39(36,37)31-25(6)7-8-25)13-33-18(10-28-20(17)33)21-29-30-22(40-21)19(26)27/h9-10,13-15,19,31H,7-8,11-12H2,1-6H3/t14-,15-/m0/s1. The van der Waals surface area contributed by atoms with E-state index < -0.39 is 48.2 Å². The molecule has 1 aliphatic carbocycles. The molecule has 0 spiro atoms. The molecule has 218 valence electrons. The normalized spacial score (nSPS) is 21.3. The van der Waals surface area contributed by atoms with Crippen LogP contribution in [-0.4, -0.2) is 89.8 Å². The monoisotopic (exact) mass is 645 g/mol. The number of amides is 1. The van der Waals surface area contributed by atoms with Gasteiger partial charge in [-0.05, 0) is 20.8 Å². The van der Waals surface area contributed by atoms with Crippen LogP contribution >= 0.6 is 0 Å². The zero-order chi connectivity index (χ0) is 29.2. The maximum absolute atomic E-state index is 13.5. The van der Waals surface area contributed by atoms with Crippen LogP contribution in [0.3, 0.4) is 0 Å². The van der Waals surface area contributed by atoms with Crippen molar-refractivity contribution in [3.05, 3.63) is 23.0 Å². The molecule has 0 bridgehead atoms. The van der Waals surface area contributed by atoms with Crippen LogP contribution in [0.15, 0.2) is 23.4 Å². The number of alkyl halides is 2. The molecule has 4 heterocycles. The molecule has 0 aromatic carbocycles. The topological polar surface area (TPSA) is 122 Å². The third-order valence-corrected chi connectivity index (χ3v) is 10.6. The van der Waals surface area contributed by atoms with Gasteiger partial charge in [-0.15, -0.1) is 0 Å². The van der Waals surface area contributed by atoms with Gasteiger partial charge >= 0.3 is 217 Å². The van der Waals surface area contributed by atoms with Gasteiger partial charge < -0.3 is 0 Å². The molecule has 3 aromatic rings. The van der Waals surface area contributed by atoms with E-state index in [9.17, 15) is 22.0 Å². The van der Waals surface area contributed by atoms with E-state index in [-0.39, 0.29) is 21.5 Å². The van der Waals surface area contributed by atoms with Crippen LogP contribution in [0.4, 0.5) is 19.3 Å². The Hall–Kier alpha value is -2.61. The first-order valence-electron chi connectivity index (χ1n) is 13.0. The Morgan fingerprint density at radius 1 is 1.20 bits per heavy atom. The predicted molar refractivity (Wildman–Crippen MR) is 145 cm³/mol. The summed E-state index contributed by atoms with van der Waals surface area (Å²) in [6.45, 7) is 11.9. The average molecular weight is 645 g/mol. The Balaban J connectivity index is 1.57. The minimum absolute atomic E-state index is 0.0263. The summed E-state index contributed by atoms with van der Waals surface area (Å²) in [5.74, 6) is 0. The number of hydrogen-bond donors (Lipinski definition) is 1. The second-order valence-electron chi connectivity index (χ2n) is 11.8. The summed E-state index contributed by atoms with van der Waals surface area (Å²) >= 11 is -0.818. The molecule has 0 radical (unpaired) electrons. The third-order valence-electron chi connectivity index (χ3n) is 6.96. The number of piperazine rings is 1. The molecule has 1 aliphatic heterocycles. The second-order valence-corrected chi connectivity index (χ2v) is 15.6. The van der Waals surface area contributed by atoms with E-state index in [4.69, 9.17) is 4.74 Å². The Kier molecular flexibility index (Phi) is 7.25. The van der Waals surface area contributed by atoms with Crippen molar-refractivity contribution in [1.29, 1.82) is 0 Å². The molecular weight excluding hydrogens is 611 g/mol. The summed E-state index contributed by atoms with van der Waals surface area (Å²) < 4.78 is 63.6. The van der Waals surface area contributed by atoms with Crippen LogP contribution < -0.4 is 9.62 Å². The van der Waals surface area contributed by atoms with Crippen LogP contribution in [0.2, 0.25) is 0 Å².